The Bertz CT molecular complexity index is 705. The molecule has 0 aromatic heterocycles. The van der Waals surface area contributed by atoms with Gasteiger partial charge in [-0.05, 0) is 48.4 Å². The van der Waals surface area contributed by atoms with Crippen LogP contribution < -0.4 is 14.4 Å². The van der Waals surface area contributed by atoms with Gasteiger partial charge in [-0.15, -0.1) is 24.8 Å². The number of benzene rings is 2. The number of piperazine rings is 1. The number of aliphatic hydroxyl groups is 1. The predicted octanol–water partition coefficient (Wildman–Crippen LogP) is 4.05. The number of rotatable bonds is 9. The molecular weight excluding hydrogens is 423 g/mol. The van der Waals surface area contributed by atoms with Crippen LogP contribution in [0, 0.1) is 0 Å². The van der Waals surface area contributed by atoms with Crippen molar-refractivity contribution in [3.05, 3.63) is 54.1 Å². The molecule has 1 aliphatic heterocycles. The highest BCUT2D eigenvalue weighted by molar-refractivity contribution is 5.85. The lowest BCUT2D eigenvalue weighted by Crippen LogP contribution is -2.49. The number of ether oxygens (including phenoxy) is 2. The monoisotopic (exact) mass is 456 g/mol. The van der Waals surface area contributed by atoms with Crippen molar-refractivity contribution in [2.75, 3.05) is 51.3 Å². The van der Waals surface area contributed by atoms with Crippen LogP contribution in [0.2, 0.25) is 0 Å². The molecule has 3 rings (SSSR count). The Morgan fingerprint density at radius 3 is 2.07 bits per heavy atom. The molecule has 1 unspecified atom stereocenters. The Labute approximate surface area is 192 Å². The molecule has 2 aromatic rings. The van der Waals surface area contributed by atoms with Crippen molar-refractivity contribution < 1.29 is 14.6 Å². The van der Waals surface area contributed by atoms with Gasteiger partial charge in [0.05, 0.1) is 7.11 Å². The van der Waals surface area contributed by atoms with Crippen molar-refractivity contribution in [3.8, 4) is 11.5 Å². The van der Waals surface area contributed by atoms with E-state index in [1.807, 2.05) is 24.3 Å². The molecule has 5 nitrogen and oxygen atoms in total. The number of aryl methyl sites for hydroxylation is 1. The summed E-state index contributed by atoms with van der Waals surface area (Å²) in [6.07, 6.45) is 1.75. The fraction of sp³-hybridized carbons (Fsp3) is 0.478. The normalized spacial score (nSPS) is 15.0. The smallest absolute Gasteiger partial charge is 0.119 e. The van der Waals surface area contributed by atoms with Gasteiger partial charge in [0, 0.05) is 38.4 Å². The second-order valence-electron chi connectivity index (χ2n) is 7.34. The van der Waals surface area contributed by atoms with E-state index < -0.39 is 6.10 Å². The molecule has 0 saturated carbocycles. The zero-order valence-electron chi connectivity index (χ0n) is 17.8. The maximum absolute atomic E-state index is 10.3. The van der Waals surface area contributed by atoms with E-state index in [-0.39, 0.29) is 24.8 Å². The molecule has 168 valence electrons. The van der Waals surface area contributed by atoms with Gasteiger partial charge in [0.25, 0.3) is 0 Å². The first-order valence-electron chi connectivity index (χ1n) is 10.2. The Balaban J connectivity index is 0.00000225. The third kappa shape index (κ3) is 7.88. The fourth-order valence-electron chi connectivity index (χ4n) is 3.57. The van der Waals surface area contributed by atoms with Gasteiger partial charge in [-0.25, -0.2) is 0 Å². The molecule has 7 heteroatoms. The molecule has 30 heavy (non-hydrogen) atoms. The standard InChI is InChI=1S/C23H32N2O3.2ClH/c1-3-4-19-5-9-23(10-6-19)28-18-21(26)17-24-13-15-25(16-14-24)20-7-11-22(27-2)12-8-20;;/h5-12,21,26H,3-4,13-18H2,1-2H3;2*1H. The highest BCUT2D eigenvalue weighted by Crippen LogP contribution is 2.20. The van der Waals surface area contributed by atoms with Gasteiger partial charge in [-0.3, -0.25) is 4.90 Å². The minimum absolute atomic E-state index is 0. The van der Waals surface area contributed by atoms with Crippen LogP contribution in [-0.4, -0.2) is 62.6 Å². The van der Waals surface area contributed by atoms with Crippen LogP contribution in [-0.2, 0) is 6.42 Å². The largest absolute Gasteiger partial charge is 0.497 e. The second-order valence-corrected chi connectivity index (χ2v) is 7.34. The quantitative estimate of drug-likeness (QED) is 0.616. The van der Waals surface area contributed by atoms with E-state index in [9.17, 15) is 5.11 Å². The number of nitrogens with zero attached hydrogens (tertiary/aromatic N) is 2. The van der Waals surface area contributed by atoms with Gasteiger partial charge in [0.2, 0.25) is 0 Å². The zero-order chi connectivity index (χ0) is 19.8. The van der Waals surface area contributed by atoms with Crippen molar-refractivity contribution in [3.63, 3.8) is 0 Å². The van der Waals surface area contributed by atoms with Crippen LogP contribution in [0.1, 0.15) is 18.9 Å². The third-order valence-corrected chi connectivity index (χ3v) is 5.18. The molecule has 1 heterocycles. The summed E-state index contributed by atoms with van der Waals surface area (Å²) in [6, 6.07) is 16.4. The van der Waals surface area contributed by atoms with E-state index in [0.717, 1.165) is 50.5 Å². The van der Waals surface area contributed by atoms with Gasteiger partial charge in [-0.1, -0.05) is 25.5 Å². The van der Waals surface area contributed by atoms with Gasteiger partial charge < -0.3 is 19.5 Å². The van der Waals surface area contributed by atoms with Crippen LogP contribution in [0.25, 0.3) is 0 Å². The summed E-state index contributed by atoms with van der Waals surface area (Å²) in [5, 5.41) is 10.3. The molecule has 1 fully saturated rings. The molecule has 0 spiro atoms. The molecule has 0 amide bonds. The Kier molecular flexibility index (Phi) is 12.0. The summed E-state index contributed by atoms with van der Waals surface area (Å²) in [5.74, 6) is 1.70. The van der Waals surface area contributed by atoms with E-state index in [1.165, 1.54) is 11.3 Å². The summed E-state index contributed by atoms with van der Waals surface area (Å²) < 4.78 is 11.0. The Morgan fingerprint density at radius 1 is 0.900 bits per heavy atom. The summed E-state index contributed by atoms with van der Waals surface area (Å²) in [5.41, 5.74) is 2.54. The lowest BCUT2D eigenvalue weighted by Gasteiger charge is -2.36. The Morgan fingerprint density at radius 2 is 1.50 bits per heavy atom. The average molecular weight is 457 g/mol. The molecule has 1 atom stereocenters. The van der Waals surface area contributed by atoms with E-state index in [4.69, 9.17) is 9.47 Å². The number of halogens is 2. The number of aliphatic hydroxyl groups excluding tert-OH is 1. The molecule has 1 N–H and O–H groups in total. The topological polar surface area (TPSA) is 45.2 Å². The lowest BCUT2D eigenvalue weighted by atomic mass is 10.1. The van der Waals surface area contributed by atoms with Crippen LogP contribution in [0.5, 0.6) is 11.5 Å². The first kappa shape index (κ1) is 26.4. The first-order valence-corrected chi connectivity index (χ1v) is 10.2. The van der Waals surface area contributed by atoms with Gasteiger partial charge in [0.1, 0.15) is 24.2 Å². The maximum Gasteiger partial charge on any atom is 0.119 e. The van der Waals surface area contributed by atoms with E-state index >= 15 is 0 Å². The summed E-state index contributed by atoms with van der Waals surface area (Å²) >= 11 is 0. The van der Waals surface area contributed by atoms with E-state index in [1.54, 1.807) is 7.11 Å². The van der Waals surface area contributed by atoms with Crippen LogP contribution in [0.4, 0.5) is 5.69 Å². The van der Waals surface area contributed by atoms with Crippen molar-refractivity contribution >= 4 is 30.5 Å². The van der Waals surface area contributed by atoms with Crippen LogP contribution in [0.15, 0.2) is 48.5 Å². The lowest BCUT2D eigenvalue weighted by molar-refractivity contribution is 0.0663. The molecule has 0 aliphatic carbocycles. The highest BCUT2D eigenvalue weighted by Gasteiger charge is 2.19. The third-order valence-electron chi connectivity index (χ3n) is 5.18. The summed E-state index contributed by atoms with van der Waals surface area (Å²) in [4.78, 5) is 4.68. The zero-order valence-corrected chi connectivity index (χ0v) is 19.5. The molecule has 0 radical (unpaired) electrons. The number of β-amino-alcohol motifs (C(OH)–C–C–N with tert-alkyl or cyclic N) is 1. The van der Waals surface area contributed by atoms with Gasteiger partial charge in [0.15, 0.2) is 0 Å². The van der Waals surface area contributed by atoms with Gasteiger partial charge in [-0.2, -0.15) is 0 Å². The summed E-state index contributed by atoms with van der Waals surface area (Å²) in [7, 11) is 1.68. The number of hydrogen-bond acceptors (Lipinski definition) is 5. The van der Waals surface area contributed by atoms with E-state index in [0.29, 0.717) is 13.2 Å². The molecule has 2 aromatic carbocycles. The predicted molar refractivity (Wildman–Crippen MR) is 128 cm³/mol. The molecular formula is C23H34Cl2N2O3. The minimum atomic E-state index is -0.483. The minimum Gasteiger partial charge on any atom is -0.497 e. The average Bonchev–Trinajstić information content (AvgIpc) is 2.74. The molecule has 1 aliphatic rings. The number of hydrogen-bond donors (Lipinski definition) is 1. The Hall–Kier alpha value is -1.66. The molecule has 0 bridgehead atoms. The van der Waals surface area contributed by atoms with Crippen molar-refractivity contribution in [2.45, 2.75) is 25.9 Å². The van der Waals surface area contributed by atoms with Crippen LogP contribution >= 0.6 is 24.8 Å². The van der Waals surface area contributed by atoms with E-state index in [2.05, 4.69) is 41.0 Å². The number of anilines is 1. The maximum atomic E-state index is 10.3. The van der Waals surface area contributed by atoms with Crippen molar-refractivity contribution in [1.29, 1.82) is 0 Å². The highest BCUT2D eigenvalue weighted by atomic mass is 35.5. The summed E-state index contributed by atoms with van der Waals surface area (Å²) in [6.45, 7) is 6.94. The first-order chi connectivity index (χ1) is 13.7. The molecule has 1 saturated heterocycles. The van der Waals surface area contributed by atoms with Crippen LogP contribution in [0.3, 0.4) is 0 Å². The van der Waals surface area contributed by atoms with Crippen molar-refractivity contribution in [2.24, 2.45) is 0 Å². The van der Waals surface area contributed by atoms with Gasteiger partial charge >= 0.3 is 0 Å². The second kappa shape index (κ2) is 13.6. The fourth-order valence-corrected chi connectivity index (χ4v) is 3.57. The van der Waals surface area contributed by atoms with Crippen molar-refractivity contribution in [1.82, 2.24) is 4.90 Å². The number of methoxy groups -OCH3 is 1. The SMILES string of the molecule is CCCc1ccc(OCC(O)CN2CCN(c3ccc(OC)cc3)CC2)cc1.Cl.Cl.